The van der Waals surface area contributed by atoms with Gasteiger partial charge in [-0.25, -0.2) is 9.38 Å². The topological polar surface area (TPSA) is 62.7 Å². The second-order valence-electron chi connectivity index (χ2n) is 7.23. The third-order valence-electron chi connectivity index (χ3n) is 5.18. The summed E-state index contributed by atoms with van der Waals surface area (Å²) in [5, 5.41) is 4.23. The van der Waals surface area contributed by atoms with Crippen molar-refractivity contribution in [2.75, 3.05) is 31.1 Å². The van der Waals surface area contributed by atoms with E-state index in [1.807, 2.05) is 37.6 Å². The Labute approximate surface area is 170 Å². The van der Waals surface area contributed by atoms with Gasteiger partial charge < -0.3 is 15.5 Å². The average Bonchev–Trinajstić information content (AvgIpc) is 3.19. The van der Waals surface area contributed by atoms with E-state index in [-0.39, 0.29) is 5.82 Å². The zero-order chi connectivity index (χ0) is 20.2. The number of benzene rings is 2. The molecule has 2 aromatic carbocycles. The maximum absolute atomic E-state index is 13.1. The second-order valence-corrected chi connectivity index (χ2v) is 7.23. The van der Waals surface area contributed by atoms with Gasteiger partial charge in [0.05, 0.1) is 12.7 Å². The summed E-state index contributed by atoms with van der Waals surface area (Å²) in [4.78, 5) is 8.94. The highest BCUT2D eigenvalue weighted by Gasteiger charge is 2.18. The Morgan fingerprint density at radius 1 is 1.07 bits per heavy atom. The first-order valence-electron chi connectivity index (χ1n) is 9.72. The highest BCUT2D eigenvalue weighted by atomic mass is 19.1. The van der Waals surface area contributed by atoms with Gasteiger partial charge in [-0.05, 0) is 41.5 Å². The van der Waals surface area contributed by atoms with Gasteiger partial charge in [-0.15, -0.1) is 0 Å². The molecule has 0 radical (unpaired) electrons. The number of aromatic nitrogens is 2. The number of hydrogen-bond donors (Lipinski definition) is 1. The summed E-state index contributed by atoms with van der Waals surface area (Å²) in [5.74, 6) is 0.354. The zero-order valence-electron chi connectivity index (χ0n) is 16.5. The van der Waals surface area contributed by atoms with Crippen LogP contribution in [0.4, 0.5) is 10.1 Å². The molecule has 6 nitrogen and oxygen atoms in total. The molecule has 4 rings (SSSR count). The fraction of sp³-hybridized carbons (Fsp3) is 0.273. The second kappa shape index (κ2) is 8.34. The Balaban J connectivity index is 1.35. The van der Waals surface area contributed by atoms with Crippen molar-refractivity contribution in [2.45, 2.75) is 6.54 Å². The molecule has 1 aliphatic heterocycles. The van der Waals surface area contributed by atoms with Crippen molar-refractivity contribution in [3.05, 3.63) is 72.3 Å². The lowest BCUT2D eigenvalue weighted by atomic mass is 10.1. The summed E-state index contributed by atoms with van der Waals surface area (Å²) >= 11 is 0. The van der Waals surface area contributed by atoms with E-state index in [1.54, 1.807) is 4.68 Å². The summed E-state index contributed by atoms with van der Waals surface area (Å²) in [5.41, 5.74) is 10.6. The first-order chi connectivity index (χ1) is 14.1. The quantitative estimate of drug-likeness (QED) is 0.548. The van der Waals surface area contributed by atoms with Crippen molar-refractivity contribution in [3.63, 3.8) is 0 Å². The number of piperazine rings is 1. The number of hydrogen-bond acceptors (Lipinski definition) is 3. The van der Waals surface area contributed by atoms with Crippen molar-refractivity contribution in [2.24, 2.45) is 17.8 Å². The first-order valence-corrected chi connectivity index (χ1v) is 9.72. The number of rotatable bonds is 4. The van der Waals surface area contributed by atoms with Crippen molar-refractivity contribution >= 4 is 11.6 Å². The Bertz CT molecular complexity index is 987. The lowest BCUT2D eigenvalue weighted by Crippen LogP contribution is -2.51. The number of halogens is 1. The predicted molar refractivity (Wildman–Crippen MR) is 114 cm³/mol. The molecule has 3 aromatic rings. The van der Waals surface area contributed by atoms with Crippen LogP contribution in [0.2, 0.25) is 0 Å². The molecular formula is C22H25FN6. The van der Waals surface area contributed by atoms with Crippen LogP contribution in [0.3, 0.4) is 0 Å². The Kier molecular flexibility index (Phi) is 5.46. The van der Waals surface area contributed by atoms with Crippen molar-refractivity contribution in [1.82, 2.24) is 14.7 Å². The highest BCUT2D eigenvalue weighted by Crippen LogP contribution is 2.20. The molecule has 7 heteroatoms. The summed E-state index contributed by atoms with van der Waals surface area (Å²) in [6, 6.07) is 14.9. The van der Waals surface area contributed by atoms with Gasteiger partial charge in [0.1, 0.15) is 5.82 Å². The van der Waals surface area contributed by atoms with Gasteiger partial charge >= 0.3 is 0 Å². The highest BCUT2D eigenvalue weighted by molar-refractivity contribution is 5.78. The van der Waals surface area contributed by atoms with Gasteiger partial charge in [0.2, 0.25) is 0 Å². The van der Waals surface area contributed by atoms with Crippen molar-refractivity contribution < 1.29 is 4.39 Å². The third kappa shape index (κ3) is 4.56. The lowest BCUT2D eigenvalue weighted by molar-refractivity contribution is 0.380. The average molecular weight is 392 g/mol. The first kappa shape index (κ1) is 19.0. The Morgan fingerprint density at radius 3 is 2.52 bits per heavy atom. The van der Waals surface area contributed by atoms with E-state index < -0.39 is 0 Å². The third-order valence-corrected chi connectivity index (χ3v) is 5.18. The normalized spacial score (nSPS) is 15.0. The minimum Gasteiger partial charge on any atom is -0.370 e. The molecule has 0 saturated carbocycles. The minimum atomic E-state index is -0.212. The molecule has 0 spiro atoms. The van der Waals surface area contributed by atoms with E-state index in [0.717, 1.165) is 48.6 Å². The Hall–Kier alpha value is -3.35. The number of anilines is 1. The van der Waals surface area contributed by atoms with Gasteiger partial charge in [-0.2, -0.15) is 5.10 Å². The lowest BCUT2D eigenvalue weighted by Gasteiger charge is -2.36. The largest absolute Gasteiger partial charge is 0.370 e. The van der Waals surface area contributed by atoms with Gasteiger partial charge in [0, 0.05) is 50.7 Å². The van der Waals surface area contributed by atoms with E-state index in [9.17, 15) is 4.39 Å². The van der Waals surface area contributed by atoms with E-state index in [0.29, 0.717) is 12.5 Å². The predicted octanol–water partition coefficient (Wildman–Crippen LogP) is 2.86. The maximum atomic E-state index is 13.1. The van der Waals surface area contributed by atoms with Gasteiger partial charge in [0.15, 0.2) is 5.96 Å². The smallest absolute Gasteiger partial charge is 0.191 e. The summed E-state index contributed by atoms with van der Waals surface area (Å²) in [6.07, 6.45) is 3.86. The van der Waals surface area contributed by atoms with E-state index >= 15 is 0 Å². The van der Waals surface area contributed by atoms with Gasteiger partial charge in [0.25, 0.3) is 0 Å². The van der Waals surface area contributed by atoms with Crippen LogP contribution in [0.25, 0.3) is 11.1 Å². The van der Waals surface area contributed by atoms with Crippen LogP contribution >= 0.6 is 0 Å². The molecule has 0 atom stereocenters. The standard InChI is InChI=1S/C22H25FN6/c1-27-16-19(15-26-27)18-4-2-3-17(13-18)14-25-22(24)29-11-9-28(10-12-29)21-7-5-20(23)6-8-21/h2-8,13,15-16H,9-12,14H2,1H3,(H2,24,25). The van der Waals surface area contributed by atoms with Gasteiger partial charge in [-0.1, -0.05) is 18.2 Å². The molecule has 0 aliphatic carbocycles. The van der Waals surface area contributed by atoms with E-state index in [1.165, 1.54) is 12.1 Å². The van der Waals surface area contributed by atoms with E-state index in [4.69, 9.17) is 5.73 Å². The number of nitrogens with zero attached hydrogens (tertiary/aromatic N) is 5. The molecule has 29 heavy (non-hydrogen) atoms. The summed E-state index contributed by atoms with van der Waals surface area (Å²) in [6.45, 7) is 3.79. The van der Waals surface area contributed by atoms with Crippen LogP contribution in [0, 0.1) is 5.82 Å². The molecule has 0 unspecified atom stereocenters. The van der Waals surface area contributed by atoms with Crippen LogP contribution in [0.5, 0.6) is 0 Å². The number of aryl methyl sites for hydroxylation is 1. The van der Waals surface area contributed by atoms with Crippen LogP contribution in [-0.2, 0) is 13.6 Å². The van der Waals surface area contributed by atoms with Crippen LogP contribution in [0.1, 0.15) is 5.56 Å². The zero-order valence-corrected chi connectivity index (χ0v) is 16.5. The molecule has 1 saturated heterocycles. The monoisotopic (exact) mass is 392 g/mol. The molecule has 1 aliphatic rings. The molecule has 0 amide bonds. The fourth-order valence-corrected chi connectivity index (χ4v) is 3.54. The van der Waals surface area contributed by atoms with Crippen molar-refractivity contribution in [3.8, 4) is 11.1 Å². The minimum absolute atomic E-state index is 0.212. The molecule has 2 N–H and O–H groups in total. The maximum Gasteiger partial charge on any atom is 0.191 e. The van der Waals surface area contributed by atoms with Crippen LogP contribution < -0.4 is 10.6 Å². The molecular weight excluding hydrogens is 367 g/mol. The summed E-state index contributed by atoms with van der Waals surface area (Å²) < 4.78 is 14.9. The van der Waals surface area contributed by atoms with Gasteiger partial charge in [-0.3, -0.25) is 4.68 Å². The fourth-order valence-electron chi connectivity index (χ4n) is 3.54. The summed E-state index contributed by atoms with van der Waals surface area (Å²) in [7, 11) is 1.91. The molecule has 1 fully saturated rings. The number of aliphatic imine (C=N–C) groups is 1. The SMILES string of the molecule is Cn1cc(-c2cccc(CN=C(N)N3CCN(c4ccc(F)cc4)CC3)c2)cn1. The van der Waals surface area contributed by atoms with Crippen molar-refractivity contribution in [1.29, 1.82) is 0 Å². The number of nitrogens with two attached hydrogens (primary N) is 1. The van der Waals surface area contributed by atoms with Crippen LogP contribution in [-0.4, -0.2) is 46.8 Å². The Morgan fingerprint density at radius 2 is 1.83 bits per heavy atom. The van der Waals surface area contributed by atoms with Crippen LogP contribution in [0.15, 0.2) is 65.9 Å². The number of guanidine groups is 1. The van der Waals surface area contributed by atoms with E-state index in [2.05, 4.69) is 38.1 Å². The molecule has 150 valence electrons. The molecule has 2 heterocycles. The molecule has 0 bridgehead atoms. The molecule has 1 aromatic heterocycles.